The molecule has 1 amide bonds. The number of nitrogens with zero attached hydrogens (tertiary/aromatic N) is 3. The zero-order valence-electron chi connectivity index (χ0n) is 6.60. The third-order valence-electron chi connectivity index (χ3n) is 1.36. The van der Waals surface area contributed by atoms with E-state index in [9.17, 15) is 4.79 Å². The van der Waals surface area contributed by atoms with Gasteiger partial charge in [0.25, 0.3) is 5.91 Å². The zero-order valence-corrected chi connectivity index (χ0v) is 7.41. The summed E-state index contributed by atoms with van der Waals surface area (Å²) in [4.78, 5) is 12.7. The lowest BCUT2D eigenvalue weighted by Gasteiger charge is -2.12. The monoisotopic (exact) mass is 187 g/mol. The zero-order chi connectivity index (χ0) is 8.97. The highest BCUT2D eigenvalue weighted by molar-refractivity contribution is 7.03. The van der Waals surface area contributed by atoms with E-state index in [2.05, 4.69) is 9.59 Å². The van der Waals surface area contributed by atoms with Crippen LogP contribution in [-0.4, -0.2) is 45.7 Å². The Kier molecular flexibility index (Phi) is 3.12. The molecule has 0 saturated carbocycles. The average molecular weight is 187 g/mol. The van der Waals surface area contributed by atoms with Gasteiger partial charge in [0.05, 0.1) is 6.61 Å². The van der Waals surface area contributed by atoms with E-state index in [1.165, 1.54) is 4.90 Å². The number of rotatable bonds is 3. The van der Waals surface area contributed by atoms with Gasteiger partial charge in [0, 0.05) is 19.0 Å². The molecule has 1 heterocycles. The number of carbonyl (C=O) groups is 1. The quantitative estimate of drug-likeness (QED) is 0.699. The Morgan fingerprint density at radius 2 is 2.58 bits per heavy atom. The van der Waals surface area contributed by atoms with E-state index in [1.807, 2.05) is 0 Å². The highest BCUT2D eigenvalue weighted by Crippen LogP contribution is 2.00. The van der Waals surface area contributed by atoms with E-state index in [4.69, 9.17) is 5.11 Å². The third kappa shape index (κ3) is 1.99. The van der Waals surface area contributed by atoms with Crippen molar-refractivity contribution in [1.82, 2.24) is 14.5 Å². The van der Waals surface area contributed by atoms with Crippen molar-refractivity contribution in [3.05, 3.63) is 11.1 Å². The van der Waals surface area contributed by atoms with Gasteiger partial charge in [0.2, 0.25) is 0 Å². The van der Waals surface area contributed by atoms with Crippen LogP contribution < -0.4 is 0 Å². The van der Waals surface area contributed by atoms with Gasteiger partial charge in [-0.25, -0.2) is 0 Å². The van der Waals surface area contributed by atoms with Crippen LogP contribution in [0.25, 0.3) is 0 Å². The van der Waals surface area contributed by atoms with Crippen LogP contribution in [0.3, 0.4) is 0 Å². The normalized spacial score (nSPS) is 9.83. The summed E-state index contributed by atoms with van der Waals surface area (Å²) in [5.74, 6) is -0.210. The highest BCUT2D eigenvalue weighted by atomic mass is 32.1. The number of aliphatic hydroxyl groups is 1. The molecule has 0 aliphatic heterocycles. The second kappa shape index (κ2) is 4.13. The van der Waals surface area contributed by atoms with Crippen LogP contribution in [0.5, 0.6) is 0 Å². The second-order valence-corrected chi connectivity index (χ2v) is 2.85. The molecule has 6 heteroatoms. The number of likely N-dealkylation sites (N-methyl/N-ethyl adjacent to an activating group) is 1. The molecule has 0 spiro atoms. The van der Waals surface area contributed by atoms with E-state index >= 15 is 0 Å². The number of amides is 1. The van der Waals surface area contributed by atoms with Crippen molar-refractivity contribution in [2.45, 2.75) is 0 Å². The lowest BCUT2D eigenvalue weighted by molar-refractivity contribution is 0.0761. The molecule has 5 nitrogen and oxygen atoms in total. The molecule has 0 atom stereocenters. The van der Waals surface area contributed by atoms with Gasteiger partial charge in [0.1, 0.15) is 0 Å². The molecule has 66 valence electrons. The van der Waals surface area contributed by atoms with Gasteiger partial charge in [-0.05, 0) is 11.5 Å². The standard InChI is InChI=1S/C6H9N3O2S/c1-9(2-3-10)6(11)5-4-12-8-7-5/h4,10H,2-3H2,1H3. The van der Waals surface area contributed by atoms with Crippen LogP contribution >= 0.6 is 11.5 Å². The van der Waals surface area contributed by atoms with Crippen molar-refractivity contribution >= 4 is 17.4 Å². The Balaban J connectivity index is 2.59. The maximum absolute atomic E-state index is 11.3. The van der Waals surface area contributed by atoms with Gasteiger partial charge in [0.15, 0.2) is 5.69 Å². The second-order valence-electron chi connectivity index (χ2n) is 2.24. The van der Waals surface area contributed by atoms with Crippen molar-refractivity contribution in [3.8, 4) is 0 Å². The van der Waals surface area contributed by atoms with Crippen LogP contribution in [0.2, 0.25) is 0 Å². The van der Waals surface area contributed by atoms with Crippen LogP contribution in [0.1, 0.15) is 10.5 Å². The molecule has 0 aliphatic rings. The number of hydrogen-bond donors (Lipinski definition) is 1. The Hall–Kier alpha value is -1.01. The first kappa shape index (κ1) is 9.08. The number of carbonyl (C=O) groups excluding carboxylic acids is 1. The fraction of sp³-hybridized carbons (Fsp3) is 0.500. The molecule has 0 aromatic carbocycles. The van der Waals surface area contributed by atoms with E-state index in [-0.39, 0.29) is 12.5 Å². The lowest BCUT2D eigenvalue weighted by atomic mass is 10.4. The minimum atomic E-state index is -0.210. The Morgan fingerprint density at radius 3 is 3.08 bits per heavy atom. The number of aromatic nitrogens is 2. The molecule has 0 saturated heterocycles. The van der Waals surface area contributed by atoms with Crippen molar-refractivity contribution in [2.24, 2.45) is 0 Å². The molecule has 1 N–H and O–H groups in total. The van der Waals surface area contributed by atoms with E-state index in [0.29, 0.717) is 12.2 Å². The largest absolute Gasteiger partial charge is 0.395 e. The lowest BCUT2D eigenvalue weighted by Crippen LogP contribution is -2.29. The molecule has 0 aliphatic carbocycles. The molecule has 0 fully saturated rings. The summed E-state index contributed by atoms with van der Waals surface area (Å²) in [6.07, 6.45) is 0. The Labute approximate surface area is 73.8 Å². The average Bonchev–Trinajstić information content (AvgIpc) is 2.55. The minimum Gasteiger partial charge on any atom is -0.395 e. The molecular formula is C6H9N3O2S. The summed E-state index contributed by atoms with van der Waals surface area (Å²) in [6, 6.07) is 0. The highest BCUT2D eigenvalue weighted by Gasteiger charge is 2.12. The summed E-state index contributed by atoms with van der Waals surface area (Å²) in [5.41, 5.74) is 0.330. The maximum Gasteiger partial charge on any atom is 0.275 e. The van der Waals surface area contributed by atoms with E-state index in [0.717, 1.165) is 11.5 Å². The van der Waals surface area contributed by atoms with Crippen molar-refractivity contribution < 1.29 is 9.90 Å². The fourth-order valence-corrected chi connectivity index (χ4v) is 1.13. The first-order valence-corrected chi connectivity index (χ1v) is 4.22. The molecule has 1 aromatic heterocycles. The molecule has 0 unspecified atom stereocenters. The summed E-state index contributed by atoms with van der Waals surface area (Å²) >= 11 is 1.13. The Morgan fingerprint density at radius 1 is 1.83 bits per heavy atom. The Bertz CT molecular complexity index is 249. The van der Waals surface area contributed by atoms with Crippen LogP contribution in [0.4, 0.5) is 0 Å². The number of hydrogen-bond acceptors (Lipinski definition) is 5. The topological polar surface area (TPSA) is 66.3 Å². The molecule has 0 radical (unpaired) electrons. The minimum absolute atomic E-state index is 0.0419. The maximum atomic E-state index is 11.3. The van der Waals surface area contributed by atoms with Crippen molar-refractivity contribution in [3.63, 3.8) is 0 Å². The summed E-state index contributed by atoms with van der Waals surface area (Å²) in [7, 11) is 1.61. The fourth-order valence-electron chi connectivity index (χ4n) is 0.705. The smallest absolute Gasteiger partial charge is 0.275 e. The van der Waals surface area contributed by atoms with Gasteiger partial charge >= 0.3 is 0 Å². The van der Waals surface area contributed by atoms with Gasteiger partial charge < -0.3 is 10.0 Å². The summed E-state index contributed by atoms with van der Waals surface area (Å²) in [5, 5.41) is 13.8. The first-order chi connectivity index (χ1) is 5.75. The number of aliphatic hydroxyl groups excluding tert-OH is 1. The predicted octanol–water partition coefficient (Wildman–Crippen LogP) is -0.398. The summed E-state index contributed by atoms with van der Waals surface area (Å²) in [6.45, 7) is 0.274. The molecular weight excluding hydrogens is 178 g/mol. The van der Waals surface area contributed by atoms with Crippen molar-refractivity contribution in [2.75, 3.05) is 20.2 Å². The summed E-state index contributed by atoms with van der Waals surface area (Å²) < 4.78 is 3.57. The van der Waals surface area contributed by atoms with E-state index < -0.39 is 0 Å². The van der Waals surface area contributed by atoms with Crippen LogP contribution in [0, 0.1) is 0 Å². The van der Waals surface area contributed by atoms with Gasteiger partial charge in [-0.3, -0.25) is 4.79 Å². The predicted molar refractivity (Wildman–Crippen MR) is 44.0 cm³/mol. The van der Waals surface area contributed by atoms with E-state index in [1.54, 1.807) is 12.4 Å². The molecule has 0 bridgehead atoms. The van der Waals surface area contributed by atoms with Crippen molar-refractivity contribution in [1.29, 1.82) is 0 Å². The molecule has 1 aromatic rings. The first-order valence-electron chi connectivity index (χ1n) is 3.39. The SMILES string of the molecule is CN(CCO)C(=O)c1csnn1. The molecule has 12 heavy (non-hydrogen) atoms. The van der Waals surface area contributed by atoms with Crippen LogP contribution in [-0.2, 0) is 0 Å². The van der Waals surface area contributed by atoms with Gasteiger partial charge in [-0.2, -0.15) is 0 Å². The third-order valence-corrected chi connectivity index (χ3v) is 1.87. The van der Waals surface area contributed by atoms with Crippen LogP contribution in [0.15, 0.2) is 5.38 Å². The van der Waals surface area contributed by atoms with Gasteiger partial charge in [-0.1, -0.05) is 4.49 Å². The molecule has 1 rings (SSSR count). The van der Waals surface area contributed by atoms with Gasteiger partial charge in [-0.15, -0.1) is 5.10 Å².